The molecule has 0 aliphatic carbocycles. The van der Waals surface area contributed by atoms with Gasteiger partial charge in [-0.15, -0.1) is 0 Å². The highest BCUT2D eigenvalue weighted by atomic mass is 19.4. The van der Waals surface area contributed by atoms with E-state index in [0.717, 1.165) is 0 Å². The fourth-order valence-corrected chi connectivity index (χ4v) is 2.58. The predicted octanol–water partition coefficient (Wildman–Crippen LogP) is 2.17. The molecule has 0 amide bonds. The molecule has 1 fully saturated rings. The number of anilines is 2. The minimum Gasteiger partial charge on any atom is -0.357 e. The lowest BCUT2D eigenvalue weighted by Crippen LogP contribution is -2.39. The van der Waals surface area contributed by atoms with Gasteiger partial charge in [-0.3, -0.25) is 0 Å². The standard InChI is InChI=1S/C12H15F3N6/c1-16-11-19-9-8(17-6-18-9)10(20-11)21-4-2-7(3-5-21)12(13,14)15/h6-7H,2-5H2,1H3,(H2,16,17,18,19,20). The highest BCUT2D eigenvalue weighted by Crippen LogP contribution is 2.36. The highest BCUT2D eigenvalue weighted by Gasteiger charge is 2.41. The molecule has 1 saturated heterocycles. The Hall–Kier alpha value is -2.06. The highest BCUT2D eigenvalue weighted by molar-refractivity contribution is 5.84. The number of hydrogen-bond donors (Lipinski definition) is 2. The number of alkyl halides is 3. The first-order valence-corrected chi connectivity index (χ1v) is 6.69. The van der Waals surface area contributed by atoms with Gasteiger partial charge in [0.15, 0.2) is 11.5 Å². The third-order valence-electron chi connectivity index (χ3n) is 3.75. The fourth-order valence-electron chi connectivity index (χ4n) is 2.58. The van der Waals surface area contributed by atoms with Crippen LogP contribution in [0, 0.1) is 5.92 Å². The zero-order chi connectivity index (χ0) is 15.0. The van der Waals surface area contributed by atoms with Gasteiger partial charge in [-0.2, -0.15) is 23.1 Å². The number of rotatable bonds is 2. The third kappa shape index (κ3) is 2.59. The van der Waals surface area contributed by atoms with Crippen LogP contribution in [0.3, 0.4) is 0 Å². The average Bonchev–Trinajstić information content (AvgIpc) is 2.93. The van der Waals surface area contributed by atoms with Crippen LogP contribution in [-0.4, -0.2) is 46.2 Å². The number of piperidine rings is 1. The molecule has 0 unspecified atom stereocenters. The summed E-state index contributed by atoms with van der Waals surface area (Å²) in [5.74, 6) is -0.221. The van der Waals surface area contributed by atoms with Crippen LogP contribution in [0.4, 0.5) is 24.9 Å². The molecule has 6 nitrogen and oxygen atoms in total. The lowest BCUT2D eigenvalue weighted by atomic mass is 9.96. The van der Waals surface area contributed by atoms with Crippen LogP contribution in [-0.2, 0) is 0 Å². The smallest absolute Gasteiger partial charge is 0.357 e. The quantitative estimate of drug-likeness (QED) is 0.889. The van der Waals surface area contributed by atoms with Crippen LogP contribution < -0.4 is 10.2 Å². The second-order valence-electron chi connectivity index (χ2n) is 5.02. The van der Waals surface area contributed by atoms with Crippen molar-refractivity contribution < 1.29 is 13.2 Å². The second kappa shape index (κ2) is 5.05. The van der Waals surface area contributed by atoms with E-state index in [4.69, 9.17) is 0 Å². The van der Waals surface area contributed by atoms with E-state index in [9.17, 15) is 13.2 Å². The second-order valence-corrected chi connectivity index (χ2v) is 5.02. The summed E-state index contributed by atoms with van der Waals surface area (Å²) in [7, 11) is 1.69. The molecular weight excluding hydrogens is 285 g/mol. The molecule has 0 aromatic carbocycles. The SMILES string of the molecule is CNc1nc(N2CCC(C(F)(F)F)CC2)c2[nH]cnc2n1. The summed E-state index contributed by atoms with van der Waals surface area (Å²) < 4.78 is 38.2. The van der Waals surface area contributed by atoms with E-state index in [0.29, 0.717) is 36.0 Å². The largest absolute Gasteiger partial charge is 0.391 e. The van der Waals surface area contributed by atoms with Crippen molar-refractivity contribution in [1.82, 2.24) is 19.9 Å². The predicted molar refractivity (Wildman–Crippen MR) is 72.2 cm³/mol. The van der Waals surface area contributed by atoms with E-state index in [1.165, 1.54) is 6.33 Å². The Morgan fingerprint density at radius 2 is 2.00 bits per heavy atom. The number of H-pyrrole nitrogens is 1. The molecule has 3 rings (SSSR count). The summed E-state index contributed by atoms with van der Waals surface area (Å²) in [6.45, 7) is 0.636. The van der Waals surface area contributed by atoms with Crippen LogP contribution in [0.5, 0.6) is 0 Å². The van der Waals surface area contributed by atoms with E-state index in [-0.39, 0.29) is 12.8 Å². The van der Waals surface area contributed by atoms with E-state index in [1.807, 2.05) is 4.90 Å². The zero-order valence-electron chi connectivity index (χ0n) is 11.4. The number of nitrogens with zero attached hydrogens (tertiary/aromatic N) is 4. The Morgan fingerprint density at radius 1 is 1.29 bits per heavy atom. The Labute approximate surface area is 118 Å². The summed E-state index contributed by atoms with van der Waals surface area (Å²) in [4.78, 5) is 17.4. The van der Waals surface area contributed by atoms with Crippen molar-refractivity contribution in [2.24, 2.45) is 5.92 Å². The van der Waals surface area contributed by atoms with Crippen LogP contribution in [0.15, 0.2) is 6.33 Å². The van der Waals surface area contributed by atoms with E-state index >= 15 is 0 Å². The molecule has 1 aliphatic heterocycles. The van der Waals surface area contributed by atoms with Crippen molar-refractivity contribution in [3.05, 3.63) is 6.33 Å². The van der Waals surface area contributed by atoms with E-state index in [1.54, 1.807) is 7.05 Å². The van der Waals surface area contributed by atoms with Crippen molar-refractivity contribution in [3.63, 3.8) is 0 Å². The van der Waals surface area contributed by atoms with Gasteiger partial charge in [0.25, 0.3) is 0 Å². The average molecular weight is 300 g/mol. The van der Waals surface area contributed by atoms with Crippen LogP contribution >= 0.6 is 0 Å². The molecule has 0 radical (unpaired) electrons. The number of halogens is 3. The molecule has 0 saturated carbocycles. The lowest BCUT2D eigenvalue weighted by molar-refractivity contribution is -0.179. The van der Waals surface area contributed by atoms with Gasteiger partial charge in [0, 0.05) is 20.1 Å². The van der Waals surface area contributed by atoms with Crippen LogP contribution in [0.25, 0.3) is 11.2 Å². The maximum absolute atomic E-state index is 12.7. The van der Waals surface area contributed by atoms with E-state index < -0.39 is 12.1 Å². The van der Waals surface area contributed by atoms with Crippen LogP contribution in [0.2, 0.25) is 0 Å². The van der Waals surface area contributed by atoms with Gasteiger partial charge in [-0.1, -0.05) is 0 Å². The van der Waals surface area contributed by atoms with Crippen molar-refractivity contribution in [2.45, 2.75) is 19.0 Å². The minimum absolute atomic E-state index is 0.0814. The summed E-state index contributed by atoms with van der Waals surface area (Å²) in [5, 5.41) is 2.84. The Balaban J connectivity index is 1.86. The minimum atomic E-state index is -4.11. The molecule has 0 bridgehead atoms. The molecule has 2 aromatic heterocycles. The van der Waals surface area contributed by atoms with Gasteiger partial charge >= 0.3 is 6.18 Å². The third-order valence-corrected chi connectivity index (χ3v) is 3.75. The van der Waals surface area contributed by atoms with Gasteiger partial charge in [0.05, 0.1) is 12.2 Å². The zero-order valence-corrected chi connectivity index (χ0v) is 11.4. The summed E-state index contributed by atoms with van der Waals surface area (Å²) in [6, 6.07) is 0. The number of imidazole rings is 1. The Morgan fingerprint density at radius 3 is 2.62 bits per heavy atom. The van der Waals surface area contributed by atoms with Crippen molar-refractivity contribution in [1.29, 1.82) is 0 Å². The van der Waals surface area contributed by atoms with Crippen molar-refractivity contribution in [3.8, 4) is 0 Å². The number of aromatic amines is 1. The molecule has 9 heteroatoms. The first-order valence-electron chi connectivity index (χ1n) is 6.69. The van der Waals surface area contributed by atoms with Crippen molar-refractivity contribution in [2.75, 3.05) is 30.4 Å². The van der Waals surface area contributed by atoms with Gasteiger partial charge in [0.2, 0.25) is 5.95 Å². The van der Waals surface area contributed by atoms with Gasteiger partial charge in [0.1, 0.15) is 5.52 Å². The van der Waals surface area contributed by atoms with Gasteiger partial charge in [-0.25, -0.2) is 4.98 Å². The number of fused-ring (bicyclic) bond motifs is 1. The maximum Gasteiger partial charge on any atom is 0.391 e. The summed E-state index contributed by atoms with van der Waals surface area (Å²) in [6.07, 6.45) is -2.45. The number of nitrogens with one attached hydrogen (secondary N) is 2. The number of hydrogen-bond acceptors (Lipinski definition) is 5. The molecule has 114 valence electrons. The molecule has 3 heterocycles. The van der Waals surface area contributed by atoms with Gasteiger partial charge in [-0.05, 0) is 12.8 Å². The Bertz CT molecular complexity index is 629. The van der Waals surface area contributed by atoms with E-state index in [2.05, 4.69) is 25.3 Å². The summed E-state index contributed by atoms with van der Waals surface area (Å²) in [5.41, 5.74) is 1.15. The van der Waals surface area contributed by atoms with Crippen LogP contribution in [0.1, 0.15) is 12.8 Å². The van der Waals surface area contributed by atoms with Gasteiger partial charge < -0.3 is 15.2 Å². The normalized spacial score (nSPS) is 17.4. The molecule has 2 N–H and O–H groups in total. The maximum atomic E-state index is 12.7. The first kappa shape index (κ1) is 13.9. The summed E-state index contributed by atoms with van der Waals surface area (Å²) >= 11 is 0. The lowest BCUT2D eigenvalue weighted by Gasteiger charge is -2.33. The topological polar surface area (TPSA) is 69.7 Å². The fraction of sp³-hybridized carbons (Fsp3) is 0.583. The molecule has 2 aromatic rings. The molecule has 0 atom stereocenters. The Kier molecular flexibility index (Phi) is 3.34. The molecular formula is C12H15F3N6. The molecule has 21 heavy (non-hydrogen) atoms. The monoisotopic (exact) mass is 300 g/mol. The molecule has 1 aliphatic rings. The van der Waals surface area contributed by atoms with Crippen molar-refractivity contribution >= 4 is 22.9 Å². The first-order chi connectivity index (χ1) is 9.99. The number of aromatic nitrogens is 4. The molecule has 0 spiro atoms.